The van der Waals surface area contributed by atoms with E-state index < -0.39 is 55.2 Å². The van der Waals surface area contributed by atoms with Gasteiger partial charge in [0.25, 0.3) is 11.4 Å². The molecular weight excluding hydrogens is 370 g/mol. The molecule has 0 amide bonds. The number of benzene rings is 1. The molecule has 1 heterocycles. The summed E-state index contributed by atoms with van der Waals surface area (Å²) in [7, 11) is 0. The van der Waals surface area contributed by atoms with Crippen LogP contribution in [0.15, 0.2) is 30.3 Å². The molecule has 0 atom stereocenters. The molecule has 1 aliphatic rings. The monoisotopic (exact) mass is 379 g/mol. The van der Waals surface area contributed by atoms with Gasteiger partial charge in [-0.05, 0) is 12.1 Å². The van der Waals surface area contributed by atoms with Crippen molar-refractivity contribution >= 4 is 0 Å². The molecule has 1 aliphatic carbocycles. The second-order valence-corrected chi connectivity index (χ2v) is 5.68. The van der Waals surface area contributed by atoms with Gasteiger partial charge < -0.3 is 0 Å². The Bertz CT molecular complexity index is 886. The van der Waals surface area contributed by atoms with Crippen LogP contribution in [0.3, 0.4) is 0 Å². The van der Waals surface area contributed by atoms with Crippen LogP contribution in [0.25, 0.3) is 5.69 Å². The molecule has 0 saturated heterocycles. The maximum atomic E-state index is 11.5. The average molecular weight is 379 g/mol. The molecule has 3 rings (SSSR count). The van der Waals surface area contributed by atoms with Gasteiger partial charge in [0.1, 0.15) is 32.5 Å². The first-order chi connectivity index (χ1) is 12.7. The van der Waals surface area contributed by atoms with Gasteiger partial charge in [0.05, 0.1) is 5.69 Å². The Labute approximate surface area is 147 Å². The van der Waals surface area contributed by atoms with Gasteiger partial charge in [-0.2, -0.15) is 0 Å². The lowest BCUT2D eigenvalue weighted by molar-refractivity contribution is -0.839. The SMILES string of the molecule is O=[N+]([O-])C1([N+](=O)[O-])CCC([N+](=O)[O-])([N+](=O)[O-])c2nn(-c3ccccc3)nc21. The van der Waals surface area contributed by atoms with Crippen LogP contribution in [0.2, 0.25) is 0 Å². The molecule has 15 heteroatoms. The summed E-state index contributed by atoms with van der Waals surface area (Å²) in [6.07, 6.45) is -2.18. The number of hydrogen-bond donors (Lipinski definition) is 0. The Morgan fingerprint density at radius 3 is 1.44 bits per heavy atom. The normalized spacial score (nSPS) is 16.9. The highest BCUT2D eigenvalue weighted by molar-refractivity contribution is 5.31. The zero-order valence-corrected chi connectivity index (χ0v) is 13.2. The molecule has 0 bridgehead atoms. The molecule has 1 aromatic heterocycles. The first-order valence-corrected chi connectivity index (χ1v) is 7.29. The van der Waals surface area contributed by atoms with Gasteiger partial charge >= 0.3 is 11.3 Å². The highest BCUT2D eigenvalue weighted by Crippen LogP contribution is 2.46. The van der Waals surface area contributed by atoms with E-state index in [1.807, 2.05) is 0 Å². The Balaban J connectivity index is 2.39. The topological polar surface area (TPSA) is 203 Å². The van der Waals surface area contributed by atoms with Crippen LogP contribution in [0.5, 0.6) is 0 Å². The van der Waals surface area contributed by atoms with Crippen molar-refractivity contribution in [3.8, 4) is 5.69 Å². The van der Waals surface area contributed by atoms with Gasteiger partial charge in [0.15, 0.2) is 0 Å². The largest absolute Gasteiger partial charge is 0.505 e. The van der Waals surface area contributed by atoms with Crippen LogP contribution >= 0.6 is 0 Å². The molecule has 0 N–H and O–H groups in total. The van der Waals surface area contributed by atoms with Crippen LogP contribution in [0, 0.1) is 40.5 Å². The van der Waals surface area contributed by atoms with Gasteiger partial charge in [-0.15, -0.1) is 15.0 Å². The zero-order valence-electron chi connectivity index (χ0n) is 13.2. The lowest BCUT2D eigenvalue weighted by atomic mass is 9.83. The van der Waals surface area contributed by atoms with E-state index in [2.05, 4.69) is 10.2 Å². The second-order valence-electron chi connectivity index (χ2n) is 5.68. The smallest absolute Gasteiger partial charge is 0.258 e. The van der Waals surface area contributed by atoms with Crippen molar-refractivity contribution < 1.29 is 19.7 Å². The summed E-state index contributed by atoms with van der Waals surface area (Å²) in [5, 5.41) is 53.5. The highest BCUT2D eigenvalue weighted by atomic mass is 16.7. The first-order valence-electron chi connectivity index (χ1n) is 7.29. The maximum Gasteiger partial charge on any atom is 0.505 e. The molecule has 140 valence electrons. The fourth-order valence-electron chi connectivity index (χ4n) is 2.95. The molecule has 15 nitrogen and oxygen atoms in total. The van der Waals surface area contributed by atoms with Crippen molar-refractivity contribution in [3.05, 3.63) is 82.2 Å². The van der Waals surface area contributed by atoms with Gasteiger partial charge in [-0.1, -0.05) is 18.2 Å². The van der Waals surface area contributed by atoms with Crippen molar-refractivity contribution in [1.82, 2.24) is 15.0 Å². The highest BCUT2D eigenvalue weighted by Gasteiger charge is 2.77. The van der Waals surface area contributed by atoms with E-state index in [4.69, 9.17) is 0 Å². The van der Waals surface area contributed by atoms with Crippen molar-refractivity contribution in [3.63, 3.8) is 0 Å². The number of rotatable bonds is 5. The van der Waals surface area contributed by atoms with E-state index >= 15 is 0 Å². The van der Waals surface area contributed by atoms with Crippen LogP contribution in [0.1, 0.15) is 24.2 Å². The Morgan fingerprint density at radius 1 is 0.741 bits per heavy atom. The molecule has 0 unspecified atom stereocenters. The molecule has 0 radical (unpaired) electrons. The summed E-state index contributed by atoms with van der Waals surface area (Å²) in [5.74, 6) is 0. The Kier molecular flexibility index (Phi) is 3.79. The third kappa shape index (κ3) is 2.21. The van der Waals surface area contributed by atoms with Gasteiger partial charge in [-0.3, -0.25) is 40.5 Å². The molecule has 0 saturated carbocycles. The minimum absolute atomic E-state index is 0.160. The summed E-state index contributed by atoms with van der Waals surface area (Å²) in [6, 6.07) is 7.51. The van der Waals surface area contributed by atoms with Crippen LogP contribution in [-0.4, -0.2) is 34.7 Å². The predicted octanol–water partition coefficient (Wildman–Crippen LogP) is 0.473. The molecule has 0 aliphatic heterocycles. The van der Waals surface area contributed by atoms with E-state index in [0.29, 0.717) is 4.80 Å². The van der Waals surface area contributed by atoms with Crippen molar-refractivity contribution in [1.29, 1.82) is 0 Å². The number of nitrogens with zero attached hydrogens (tertiary/aromatic N) is 7. The zero-order chi connectivity index (χ0) is 20.0. The van der Waals surface area contributed by atoms with Gasteiger partial charge in [-0.25, -0.2) is 0 Å². The maximum absolute atomic E-state index is 11.5. The number of para-hydroxylation sites is 1. The number of nitro groups is 4. The lowest BCUT2D eigenvalue weighted by Gasteiger charge is -2.23. The first kappa shape index (κ1) is 17.8. The Morgan fingerprint density at radius 2 is 1.11 bits per heavy atom. The molecule has 0 spiro atoms. The van der Waals surface area contributed by atoms with E-state index in [0.717, 1.165) is 0 Å². The third-order valence-corrected chi connectivity index (χ3v) is 4.39. The van der Waals surface area contributed by atoms with Gasteiger partial charge in [0, 0.05) is 0 Å². The quantitative estimate of drug-likeness (QED) is 0.399. The molecular formula is C12H9N7O8. The van der Waals surface area contributed by atoms with Crippen molar-refractivity contribution in [2.24, 2.45) is 0 Å². The van der Waals surface area contributed by atoms with E-state index in [9.17, 15) is 40.5 Å². The molecule has 2 aromatic rings. The third-order valence-electron chi connectivity index (χ3n) is 4.39. The van der Waals surface area contributed by atoms with Crippen molar-refractivity contribution in [2.75, 3.05) is 0 Å². The van der Waals surface area contributed by atoms with Gasteiger partial charge in [0.2, 0.25) is 0 Å². The molecule has 27 heavy (non-hydrogen) atoms. The fourth-order valence-corrected chi connectivity index (χ4v) is 2.95. The Hall–Kier alpha value is -4.04. The van der Waals surface area contributed by atoms with Crippen LogP contribution in [-0.2, 0) is 11.3 Å². The average Bonchev–Trinajstić information content (AvgIpc) is 3.06. The van der Waals surface area contributed by atoms with E-state index in [-0.39, 0.29) is 5.69 Å². The summed E-state index contributed by atoms with van der Waals surface area (Å²) in [4.78, 5) is 41.7. The lowest BCUT2D eigenvalue weighted by Crippen LogP contribution is -2.55. The summed E-state index contributed by atoms with van der Waals surface area (Å²) < 4.78 is 0. The summed E-state index contributed by atoms with van der Waals surface area (Å²) in [6.45, 7) is 0. The minimum Gasteiger partial charge on any atom is -0.258 e. The minimum atomic E-state index is -3.07. The number of aromatic nitrogens is 3. The van der Waals surface area contributed by atoms with Crippen LogP contribution in [0.4, 0.5) is 0 Å². The molecule has 1 aromatic carbocycles. The van der Waals surface area contributed by atoms with Crippen molar-refractivity contribution in [2.45, 2.75) is 24.2 Å². The predicted molar refractivity (Wildman–Crippen MR) is 81.9 cm³/mol. The molecule has 0 fully saturated rings. The second kappa shape index (κ2) is 5.75. The standard InChI is InChI=1S/C12H9N7O8/c20-16(21)11(17(22)23)6-7-12(18(24)25,19(26)27)10-9(11)13-15(14-10)8-4-2-1-3-5-8/h1-5H,6-7H2. The number of fused-ring (bicyclic) bond motifs is 1. The van der Waals surface area contributed by atoms with E-state index in [1.54, 1.807) is 6.07 Å². The fraction of sp³-hybridized carbons (Fsp3) is 0.333. The van der Waals surface area contributed by atoms with E-state index in [1.165, 1.54) is 24.3 Å². The van der Waals surface area contributed by atoms with Crippen LogP contribution < -0.4 is 0 Å². The summed E-state index contributed by atoms with van der Waals surface area (Å²) >= 11 is 0. The number of hydrogen-bond acceptors (Lipinski definition) is 10. The summed E-state index contributed by atoms with van der Waals surface area (Å²) in [5.41, 5.74) is -8.04.